The molecule has 1 aromatic carbocycles. The zero-order chi connectivity index (χ0) is 16.8. The first-order valence-corrected chi connectivity index (χ1v) is 8.89. The molecule has 2 amide bonds. The van der Waals surface area contributed by atoms with E-state index in [1.165, 1.54) is 11.1 Å². The van der Waals surface area contributed by atoms with Gasteiger partial charge in [0.15, 0.2) is 0 Å². The number of nitrogens with zero attached hydrogens (tertiary/aromatic N) is 2. The van der Waals surface area contributed by atoms with Crippen LogP contribution in [0.2, 0.25) is 0 Å². The van der Waals surface area contributed by atoms with Crippen LogP contribution < -0.4 is 5.32 Å². The van der Waals surface area contributed by atoms with Gasteiger partial charge in [-0.3, -0.25) is 14.5 Å². The minimum absolute atomic E-state index is 0.0232. The summed E-state index contributed by atoms with van der Waals surface area (Å²) in [6.45, 7) is 7.50. The van der Waals surface area contributed by atoms with Crippen LogP contribution >= 0.6 is 11.8 Å². The molecule has 0 saturated carbocycles. The van der Waals surface area contributed by atoms with E-state index in [4.69, 9.17) is 0 Å². The predicted molar refractivity (Wildman–Crippen MR) is 93.7 cm³/mol. The van der Waals surface area contributed by atoms with Gasteiger partial charge in [0, 0.05) is 38.1 Å². The number of benzene rings is 1. The molecule has 1 aliphatic heterocycles. The number of hydrogen-bond acceptors (Lipinski definition) is 4. The third-order valence-corrected chi connectivity index (χ3v) is 5.19. The zero-order valence-electron chi connectivity index (χ0n) is 14.1. The number of thioether (sulfide) groups is 1. The van der Waals surface area contributed by atoms with Crippen molar-refractivity contribution < 1.29 is 9.59 Å². The minimum atomic E-state index is 0.0232. The maximum atomic E-state index is 12.3. The van der Waals surface area contributed by atoms with Gasteiger partial charge in [0.25, 0.3) is 0 Å². The topological polar surface area (TPSA) is 52.7 Å². The monoisotopic (exact) mass is 335 g/mol. The number of carbonyl (C=O) groups excluding carboxylic acids is 2. The van der Waals surface area contributed by atoms with Crippen LogP contribution in [-0.2, 0) is 9.59 Å². The van der Waals surface area contributed by atoms with E-state index in [0.717, 1.165) is 18.0 Å². The maximum Gasteiger partial charge on any atom is 0.233 e. The van der Waals surface area contributed by atoms with Crippen molar-refractivity contribution in [2.24, 2.45) is 0 Å². The Morgan fingerprint density at radius 1 is 1.13 bits per heavy atom. The number of rotatable bonds is 5. The molecular formula is C17H25N3O2S. The lowest BCUT2D eigenvalue weighted by atomic mass is 10.1. The molecule has 0 unspecified atom stereocenters. The SMILES string of the molecule is CNC(=O)CN1CCN(C(=O)CSc2ccc(C)c(C)c2)CC1. The van der Waals surface area contributed by atoms with Crippen molar-refractivity contribution in [2.75, 3.05) is 45.5 Å². The standard InChI is InChI=1S/C17H25N3O2S/c1-13-4-5-15(10-14(13)2)23-12-17(22)20-8-6-19(7-9-20)11-16(21)18-3/h4-5,10H,6-9,11-12H2,1-3H3,(H,18,21). The van der Waals surface area contributed by atoms with Crippen LogP contribution in [0.5, 0.6) is 0 Å². The predicted octanol–water partition coefficient (Wildman–Crippen LogP) is 1.29. The Morgan fingerprint density at radius 2 is 1.83 bits per heavy atom. The molecule has 23 heavy (non-hydrogen) atoms. The molecule has 0 aromatic heterocycles. The van der Waals surface area contributed by atoms with E-state index in [9.17, 15) is 9.59 Å². The third kappa shape index (κ3) is 5.25. The van der Waals surface area contributed by atoms with Crippen LogP contribution in [0, 0.1) is 13.8 Å². The summed E-state index contributed by atoms with van der Waals surface area (Å²) in [6.07, 6.45) is 0. The first-order chi connectivity index (χ1) is 11.0. The summed E-state index contributed by atoms with van der Waals surface area (Å²) in [5, 5.41) is 2.63. The van der Waals surface area contributed by atoms with Gasteiger partial charge >= 0.3 is 0 Å². The fourth-order valence-corrected chi connectivity index (χ4v) is 3.37. The van der Waals surface area contributed by atoms with Gasteiger partial charge in [-0.15, -0.1) is 11.8 Å². The number of hydrogen-bond donors (Lipinski definition) is 1. The van der Waals surface area contributed by atoms with E-state index in [-0.39, 0.29) is 11.8 Å². The van der Waals surface area contributed by atoms with Gasteiger partial charge in [-0.25, -0.2) is 0 Å². The Morgan fingerprint density at radius 3 is 2.43 bits per heavy atom. The Bertz CT molecular complexity index is 569. The Labute approximate surface area is 142 Å². The van der Waals surface area contributed by atoms with Gasteiger partial charge in [-0.2, -0.15) is 0 Å². The lowest BCUT2D eigenvalue weighted by Crippen LogP contribution is -2.51. The average Bonchev–Trinajstić information content (AvgIpc) is 2.56. The fraction of sp³-hybridized carbons (Fsp3) is 0.529. The number of piperazine rings is 1. The smallest absolute Gasteiger partial charge is 0.233 e. The number of aryl methyl sites for hydroxylation is 2. The quantitative estimate of drug-likeness (QED) is 0.824. The first-order valence-electron chi connectivity index (χ1n) is 7.90. The summed E-state index contributed by atoms with van der Waals surface area (Å²) < 4.78 is 0. The summed E-state index contributed by atoms with van der Waals surface area (Å²) in [4.78, 5) is 28.8. The molecule has 2 rings (SSSR count). The Hall–Kier alpha value is -1.53. The van der Waals surface area contributed by atoms with Crippen molar-refractivity contribution in [1.82, 2.24) is 15.1 Å². The van der Waals surface area contributed by atoms with Gasteiger partial charge in [-0.1, -0.05) is 6.07 Å². The molecule has 126 valence electrons. The Balaban J connectivity index is 1.76. The fourth-order valence-electron chi connectivity index (χ4n) is 2.48. The van der Waals surface area contributed by atoms with Crippen molar-refractivity contribution in [3.05, 3.63) is 29.3 Å². The van der Waals surface area contributed by atoms with E-state index in [2.05, 4.69) is 42.3 Å². The Kier molecular flexibility index (Phi) is 6.47. The summed E-state index contributed by atoms with van der Waals surface area (Å²) in [5.74, 6) is 0.667. The average molecular weight is 335 g/mol. The van der Waals surface area contributed by atoms with Crippen LogP contribution in [0.1, 0.15) is 11.1 Å². The molecule has 5 nitrogen and oxygen atoms in total. The van der Waals surface area contributed by atoms with Crippen molar-refractivity contribution in [3.63, 3.8) is 0 Å². The maximum absolute atomic E-state index is 12.3. The molecule has 0 aliphatic carbocycles. The second-order valence-corrected chi connectivity index (χ2v) is 6.91. The molecule has 1 heterocycles. The van der Waals surface area contributed by atoms with Gasteiger partial charge < -0.3 is 10.2 Å². The van der Waals surface area contributed by atoms with E-state index < -0.39 is 0 Å². The van der Waals surface area contributed by atoms with E-state index in [1.54, 1.807) is 18.8 Å². The molecule has 1 aromatic rings. The van der Waals surface area contributed by atoms with Gasteiger partial charge in [0.1, 0.15) is 0 Å². The van der Waals surface area contributed by atoms with Crippen molar-refractivity contribution in [3.8, 4) is 0 Å². The lowest BCUT2D eigenvalue weighted by Gasteiger charge is -2.34. The number of likely N-dealkylation sites (N-methyl/N-ethyl adjacent to an activating group) is 1. The van der Waals surface area contributed by atoms with Crippen molar-refractivity contribution in [1.29, 1.82) is 0 Å². The third-order valence-electron chi connectivity index (χ3n) is 4.21. The highest BCUT2D eigenvalue weighted by molar-refractivity contribution is 8.00. The van der Waals surface area contributed by atoms with Crippen LogP contribution in [0.15, 0.2) is 23.1 Å². The summed E-state index contributed by atoms with van der Waals surface area (Å²) >= 11 is 1.59. The number of amides is 2. The molecule has 0 bridgehead atoms. The molecular weight excluding hydrogens is 310 g/mol. The second-order valence-electron chi connectivity index (χ2n) is 5.86. The summed E-state index contributed by atoms with van der Waals surface area (Å²) in [6, 6.07) is 6.30. The second kappa shape index (κ2) is 8.36. The molecule has 1 aliphatic rings. The molecule has 6 heteroatoms. The largest absolute Gasteiger partial charge is 0.358 e. The molecule has 0 atom stereocenters. The highest BCUT2D eigenvalue weighted by Crippen LogP contribution is 2.21. The van der Waals surface area contributed by atoms with E-state index in [0.29, 0.717) is 25.4 Å². The number of nitrogens with one attached hydrogen (secondary N) is 1. The summed E-state index contributed by atoms with van der Waals surface area (Å²) in [5.41, 5.74) is 2.53. The minimum Gasteiger partial charge on any atom is -0.358 e. The van der Waals surface area contributed by atoms with E-state index in [1.807, 2.05) is 4.90 Å². The molecule has 1 N–H and O–H groups in total. The van der Waals surface area contributed by atoms with Gasteiger partial charge in [-0.05, 0) is 37.1 Å². The molecule has 1 saturated heterocycles. The van der Waals surface area contributed by atoms with Crippen LogP contribution in [0.3, 0.4) is 0 Å². The zero-order valence-corrected chi connectivity index (χ0v) is 14.9. The van der Waals surface area contributed by atoms with Gasteiger partial charge in [0.2, 0.25) is 11.8 Å². The van der Waals surface area contributed by atoms with Crippen LogP contribution in [0.4, 0.5) is 0 Å². The summed E-state index contributed by atoms with van der Waals surface area (Å²) in [7, 11) is 1.64. The van der Waals surface area contributed by atoms with E-state index >= 15 is 0 Å². The first kappa shape index (κ1) is 17.8. The molecule has 0 radical (unpaired) electrons. The highest BCUT2D eigenvalue weighted by atomic mass is 32.2. The normalized spacial score (nSPS) is 15.5. The lowest BCUT2D eigenvalue weighted by molar-refractivity contribution is -0.130. The van der Waals surface area contributed by atoms with Crippen molar-refractivity contribution >= 4 is 23.6 Å². The van der Waals surface area contributed by atoms with Crippen LogP contribution in [0.25, 0.3) is 0 Å². The molecule has 1 fully saturated rings. The van der Waals surface area contributed by atoms with Gasteiger partial charge in [0.05, 0.1) is 12.3 Å². The highest BCUT2D eigenvalue weighted by Gasteiger charge is 2.22. The molecule has 0 spiro atoms. The number of carbonyl (C=O) groups is 2. The van der Waals surface area contributed by atoms with Crippen molar-refractivity contribution in [2.45, 2.75) is 18.7 Å². The van der Waals surface area contributed by atoms with Crippen LogP contribution in [-0.4, -0.2) is 67.1 Å².